The molecule has 2 aromatic rings. The van der Waals surface area contributed by atoms with Crippen molar-refractivity contribution in [1.82, 2.24) is 5.43 Å². The molecule has 0 aliphatic rings. The summed E-state index contributed by atoms with van der Waals surface area (Å²) in [5.41, 5.74) is 3.89. The first-order valence-corrected chi connectivity index (χ1v) is 9.17. The lowest BCUT2D eigenvalue weighted by molar-refractivity contribution is -0.126. The first kappa shape index (κ1) is 22.3. The molecular formula is C20H19Cl2N3O4. The number of hydrazone groups is 1. The number of aromatic hydroxyl groups is 1. The van der Waals surface area contributed by atoms with Gasteiger partial charge in [0.15, 0.2) is 11.5 Å². The predicted molar refractivity (Wildman–Crippen MR) is 114 cm³/mol. The van der Waals surface area contributed by atoms with Gasteiger partial charge in [-0.05, 0) is 42.3 Å². The number of hydrogen-bond acceptors (Lipinski definition) is 5. The lowest BCUT2D eigenvalue weighted by Gasteiger charge is -2.09. The largest absolute Gasteiger partial charge is 0.504 e. The van der Waals surface area contributed by atoms with E-state index in [4.69, 9.17) is 27.9 Å². The van der Waals surface area contributed by atoms with Crippen molar-refractivity contribution in [3.8, 4) is 11.5 Å². The lowest BCUT2D eigenvalue weighted by atomic mass is 10.1. The third-order valence-corrected chi connectivity index (χ3v) is 4.43. The van der Waals surface area contributed by atoms with Gasteiger partial charge in [-0.25, -0.2) is 5.43 Å². The van der Waals surface area contributed by atoms with Crippen molar-refractivity contribution in [2.75, 3.05) is 12.4 Å². The van der Waals surface area contributed by atoms with Crippen molar-refractivity contribution in [3.05, 3.63) is 64.2 Å². The van der Waals surface area contributed by atoms with Gasteiger partial charge in [-0.3, -0.25) is 9.59 Å². The Kier molecular flexibility index (Phi) is 8.06. The summed E-state index contributed by atoms with van der Waals surface area (Å²) in [5.74, 6) is -0.836. The first-order valence-electron chi connectivity index (χ1n) is 8.41. The Bertz CT molecular complexity index is 961. The smallest absolute Gasteiger partial charge is 0.249 e. The van der Waals surface area contributed by atoms with Crippen LogP contribution in [0.25, 0.3) is 0 Å². The van der Waals surface area contributed by atoms with Gasteiger partial charge in [0, 0.05) is 11.3 Å². The average Bonchev–Trinajstić information content (AvgIpc) is 2.67. The quantitative estimate of drug-likeness (QED) is 0.253. The summed E-state index contributed by atoms with van der Waals surface area (Å²) in [6, 6.07) is 7.84. The summed E-state index contributed by atoms with van der Waals surface area (Å²) in [4.78, 5) is 23.8. The van der Waals surface area contributed by atoms with E-state index >= 15 is 0 Å². The van der Waals surface area contributed by atoms with Crippen molar-refractivity contribution in [3.63, 3.8) is 0 Å². The SMILES string of the molecule is C=CCc1cc(/C=N/NC(=O)CC(=O)Nc2ccc(Cl)c(Cl)c2)cc(OC)c1O. The molecule has 0 saturated heterocycles. The highest BCUT2D eigenvalue weighted by Crippen LogP contribution is 2.31. The van der Waals surface area contributed by atoms with Crippen LogP contribution in [0.15, 0.2) is 48.1 Å². The molecule has 3 N–H and O–H groups in total. The number of rotatable bonds is 8. The van der Waals surface area contributed by atoms with Crippen LogP contribution in [0.1, 0.15) is 17.5 Å². The maximum absolute atomic E-state index is 11.9. The van der Waals surface area contributed by atoms with Crippen LogP contribution in [0.5, 0.6) is 11.5 Å². The highest BCUT2D eigenvalue weighted by molar-refractivity contribution is 6.42. The minimum atomic E-state index is -0.601. The number of carbonyl (C=O) groups is 2. The molecule has 0 saturated carbocycles. The fourth-order valence-corrected chi connectivity index (χ4v) is 2.67. The second-order valence-electron chi connectivity index (χ2n) is 5.87. The molecule has 0 radical (unpaired) electrons. The number of nitrogens with one attached hydrogen (secondary N) is 2. The lowest BCUT2D eigenvalue weighted by Crippen LogP contribution is -2.24. The molecule has 0 unspecified atom stereocenters. The summed E-state index contributed by atoms with van der Waals surface area (Å²) in [5, 5.41) is 17.1. The van der Waals surface area contributed by atoms with Gasteiger partial charge in [0.1, 0.15) is 6.42 Å². The van der Waals surface area contributed by atoms with Gasteiger partial charge >= 0.3 is 0 Å². The van der Waals surface area contributed by atoms with Crippen LogP contribution in [0.2, 0.25) is 10.0 Å². The number of halogens is 2. The van der Waals surface area contributed by atoms with Gasteiger partial charge in [-0.2, -0.15) is 5.10 Å². The molecule has 0 spiro atoms. The van der Waals surface area contributed by atoms with Crippen molar-refractivity contribution in [1.29, 1.82) is 0 Å². The first-order chi connectivity index (χ1) is 13.8. The minimum absolute atomic E-state index is 0.0209. The Hall–Kier alpha value is -3.03. The van der Waals surface area contributed by atoms with E-state index in [0.717, 1.165) is 0 Å². The number of hydrogen-bond donors (Lipinski definition) is 3. The van der Waals surface area contributed by atoms with Crippen LogP contribution in [0.4, 0.5) is 5.69 Å². The van der Waals surface area contributed by atoms with Crippen LogP contribution >= 0.6 is 23.2 Å². The van der Waals surface area contributed by atoms with Crippen LogP contribution in [-0.2, 0) is 16.0 Å². The van der Waals surface area contributed by atoms with Gasteiger partial charge in [0.05, 0.1) is 23.4 Å². The van der Waals surface area contributed by atoms with Crippen molar-refractivity contribution in [2.24, 2.45) is 5.10 Å². The summed E-state index contributed by atoms with van der Waals surface area (Å²) < 4.78 is 5.12. The zero-order chi connectivity index (χ0) is 21.4. The molecule has 9 heteroatoms. The van der Waals surface area contributed by atoms with E-state index in [2.05, 4.69) is 22.4 Å². The number of phenolic OH excluding ortho intramolecular Hbond substituents is 1. The Balaban J connectivity index is 1.95. The Morgan fingerprint density at radius 2 is 1.97 bits per heavy atom. The fraction of sp³-hybridized carbons (Fsp3) is 0.150. The van der Waals surface area contributed by atoms with E-state index in [0.29, 0.717) is 33.3 Å². The molecular weight excluding hydrogens is 417 g/mol. The molecule has 0 atom stereocenters. The number of amides is 2. The second kappa shape index (κ2) is 10.5. The molecule has 2 aromatic carbocycles. The highest BCUT2D eigenvalue weighted by atomic mass is 35.5. The Morgan fingerprint density at radius 1 is 1.21 bits per heavy atom. The van der Waals surface area contributed by atoms with Crippen LogP contribution in [0.3, 0.4) is 0 Å². The number of nitrogens with zero attached hydrogens (tertiary/aromatic N) is 1. The second-order valence-corrected chi connectivity index (χ2v) is 6.69. The molecule has 0 aliphatic carbocycles. The molecule has 2 amide bonds. The summed E-state index contributed by atoms with van der Waals surface area (Å²) in [7, 11) is 1.43. The minimum Gasteiger partial charge on any atom is -0.504 e. The van der Waals surface area contributed by atoms with Crippen molar-refractivity contribution >= 4 is 46.9 Å². The van der Waals surface area contributed by atoms with E-state index in [-0.39, 0.29) is 11.5 Å². The predicted octanol–water partition coefficient (Wildman–Crippen LogP) is 3.92. The van der Waals surface area contributed by atoms with Gasteiger partial charge in [-0.15, -0.1) is 6.58 Å². The fourth-order valence-electron chi connectivity index (χ4n) is 2.37. The number of ether oxygens (including phenoxy) is 1. The average molecular weight is 436 g/mol. The Morgan fingerprint density at radius 3 is 2.62 bits per heavy atom. The molecule has 0 bridgehead atoms. The normalized spacial score (nSPS) is 10.6. The summed E-state index contributed by atoms with van der Waals surface area (Å²) in [6.07, 6.45) is 3.02. The van der Waals surface area contributed by atoms with Crippen molar-refractivity contribution < 1.29 is 19.4 Å². The zero-order valence-electron chi connectivity index (χ0n) is 15.5. The van der Waals surface area contributed by atoms with Crippen LogP contribution in [0, 0.1) is 0 Å². The van der Waals surface area contributed by atoms with E-state index in [1.165, 1.54) is 25.5 Å². The number of anilines is 1. The number of allylic oxidation sites excluding steroid dienone is 1. The Labute approximate surface area is 178 Å². The molecule has 0 fully saturated rings. The molecule has 0 heterocycles. The van der Waals surface area contributed by atoms with E-state index in [9.17, 15) is 14.7 Å². The number of carbonyl (C=O) groups excluding carboxylic acids is 2. The monoisotopic (exact) mass is 435 g/mol. The molecule has 0 aliphatic heterocycles. The van der Waals surface area contributed by atoms with Crippen LogP contribution in [-0.4, -0.2) is 30.2 Å². The van der Waals surface area contributed by atoms with Gasteiger partial charge in [0.25, 0.3) is 0 Å². The molecule has 2 rings (SSSR count). The molecule has 29 heavy (non-hydrogen) atoms. The standard InChI is InChI=1S/C20H19Cl2N3O4/c1-3-4-13-7-12(8-17(29-2)20(13)28)11-23-25-19(27)10-18(26)24-14-5-6-15(21)16(22)9-14/h3,5-9,11,28H,1,4,10H2,2H3,(H,24,26)(H,25,27)/b23-11+. The number of methoxy groups -OCH3 is 1. The molecule has 152 valence electrons. The molecule has 7 nitrogen and oxygen atoms in total. The summed E-state index contributed by atoms with van der Waals surface area (Å²) >= 11 is 11.7. The zero-order valence-corrected chi connectivity index (χ0v) is 17.0. The van der Waals surface area contributed by atoms with Gasteiger partial charge in [0.2, 0.25) is 11.8 Å². The third kappa shape index (κ3) is 6.51. The topological polar surface area (TPSA) is 100 Å². The summed E-state index contributed by atoms with van der Waals surface area (Å²) in [6.45, 7) is 3.64. The van der Waals surface area contributed by atoms with E-state index in [1.807, 2.05) is 0 Å². The van der Waals surface area contributed by atoms with Gasteiger partial charge in [-0.1, -0.05) is 29.3 Å². The maximum atomic E-state index is 11.9. The maximum Gasteiger partial charge on any atom is 0.249 e. The molecule has 0 aromatic heterocycles. The van der Waals surface area contributed by atoms with Gasteiger partial charge < -0.3 is 15.2 Å². The van der Waals surface area contributed by atoms with E-state index < -0.39 is 18.2 Å². The van der Waals surface area contributed by atoms with E-state index in [1.54, 1.807) is 24.3 Å². The number of benzene rings is 2. The van der Waals surface area contributed by atoms with Crippen LogP contribution < -0.4 is 15.5 Å². The highest BCUT2D eigenvalue weighted by Gasteiger charge is 2.11. The third-order valence-electron chi connectivity index (χ3n) is 3.69. The van der Waals surface area contributed by atoms with Crippen molar-refractivity contribution in [2.45, 2.75) is 12.8 Å². The number of phenols is 1.